The van der Waals surface area contributed by atoms with Crippen molar-refractivity contribution in [1.29, 1.82) is 0 Å². The van der Waals surface area contributed by atoms with Gasteiger partial charge in [-0.3, -0.25) is 9.69 Å². The van der Waals surface area contributed by atoms with Crippen molar-refractivity contribution >= 4 is 5.91 Å². The summed E-state index contributed by atoms with van der Waals surface area (Å²) in [5, 5.41) is 5.62. The second-order valence-corrected chi connectivity index (χ2v) is 4.26. The summed E-state index contributed by atoms with van der Waals surface area (Å²) in [5.74, 6) is -0.0521. The molecule has 0 radical (unpaired) electrons. The molecule has 0 aromatic carbocycles. The van der Waals surface area contributed by atoms with Crippen molar-refractivity contribution in [3.05, 3.63) is 0 Å². The number of hydrogen-bond donors (Lipinski definition) is 2. The molecule has 0 spiro atoms. The van der Waals surface area contributed by atoms with Crippen LogP contribution in [0, 0.1) is 0 Å². The molecule has 0 heterocycles. The first-order valence-corrected chi connectivity index (χ1v) is 6.01. The van der Waals surface area contributed by atoms with Gasteiger partial charge >= 0.3 is 6.18 Å². The van der Waals surface area contributed by atoms with Crippen molar-refractivity contribution in [2.75, 3.05) is 40.3 Å². The Balaban J connectivity index is 3.47. The van der Waals surface area contributed by atoms with Gasteiger partial charge in [0.15, 0.2) is 0 Å². The van der Waals surface area contributed by atoms with E-state index in [0.717, 1.165) is 13.0 Å². The number of halogens is 3. The molecule has 0 saturated carbocycles. The lowest BCUT2D eigenvalue weighted by Gasteiger charge is -2.18. The van der Waals surface area contributed by atoms with Crippen molar-refractivity contribution in [3.8, 4) is 0 Å². The van der Waals surface area contributed by atoms with E-state index in [2.05, 4.69) is 10.6 Å². The van der Waals surface area contributed by atoms with Gasteiger partial charge in [0, 0.05) is 13.0 Å². The highest BCUT2D eigenvalue weighted by Gasteiger charge is 2.28. The zero-order valence-electron chi connectivity index (χ0n) is 10.9. The monoisotopic (exact) mass is 269 g/mol. The quantitative estimate of drug-likeness (QED) is 0.613. The molecule has 0 fully saturated rings. The fourth-order valence-electron chi connectivity index (χ4n) is 1.48. The van der Waals surface area contributed by atoms with Gasteiger partial charge in [0.1, 0.15) is 0 Å². The highest BCUT2D eigenvalue weighted by Crippen LogP contribution is 2.15. The largest absolute Gasteiger partial charge is 0.401 e. The Morgan fingerprint density at radius 2 is 1.89 bits per heavy atom. The SMILES string of the molecule is CNCCCC(=O)NCCCN(C)CC(F)(F)F. The van der Waals surface area contributed by atoms with Crippen molar-refractivity contribution in [2.24, 2.45) is 0 Å². The molecule has 0 rings (SSSR count). The molecule has 1 amide bonds. The van der Waals surface area contributed by atoms with E-state index in [9.17, 15) is 18.0 Å². The summed E-state index contributed by atoms with van der Waals surface area (Å²) in [7, 11) is 3.23. The maximum absolute atomic E-state index is 12.0. The average molecular weight is 269 g/mol. The van der Waals surface area contributed by atoms with Crippen LogP contribution in [0.25, 0.3) is 0 Å². The molecule has 0 aromatic rings. The summed E-state index contributed by atoms with van der Waals surface area (Å²) in [6, 6.07) is 0. The molecule has 0 bridgehead atoms. The molecule has 18 heavy (non-hydrogen) atoms. The molecule has 7 heteroatoms. The van der Waals surface area contributed by atoms with Crippen LogP contribution in [0.1, 0.15) is 19.3 Å². The Bertz CT molecular complexity index is 234. The Kier molecular flexibility index (Phi) is 8.74. The Morgan fingerprint density at radius 1 is 1.22 bits per heavy atom. The number of nitrogens with one attached hydrogen (secondary N) is 2. The number of hydrogen-bond acceptors (Lipinski definition) is 3. The van der Waals surface area contributed by atoms with Gasteiger partial charge in [0.2, 0.25) is 5.91 Å². The average Bonchev–Trinajstić information content (AvgIpc) is 2.22. The van der Waals surface area contributed by atoms with Crippen LogP contribution in [0.15, 0.2) is 0 Å². The second kappa shape index (κ2) is 9.16. The van der Waals surface area contributed by atoms with E-state index in [1.54, 1.807) is 0 Å². The van der Waals surface area contributed by atoms with Gasteiger partial charge in [0.25, 0.3) is 0 Å². The minimum atomic E-state index is -4.16. The fraction of sp³-hybridized carbons (Fsp3) is 0.909. The van der Waals surface area contributed by atoms with Crippen LogP contribution in [-0.2, 0) is 4.79 Å². The molecular weight excluding hydrogens is 247 g/mol. The van der Waals surface area contributed by atoms with Crippen molar-refractivity contribution in [2.45, 2.75) is 25.4 Å². The molecule has 0 aliphatic rings. The zero-order valence-corrected chi connectivity index (χ0v) is 10.9. The number of rotatable bonds is 9. The predicted octanol–water partition coefficient (Wildman–Crippen LogP) is 0.986. The van der Waals surface area contributed by atoms with E-state index in [-0.39, 0.29) is 5.91 Å². The molecule has 0 atom stereocenters. The van der Waals surface area contributed by atoms with Gasteiger partial charge in [-0.05, 0) is 40.0 Å². The molecule has 4 nitrogen and oxygen atoms in total. The van der Waals surface area contributed by atoms with Crippen LogP contribution < -0.4 is 10.6 Å². The summed E-state index contributed by atoms with van der Waals surface area (Å²) in [4.78, 5) is 12.5. The first kappa shape index (κ1) is 17.2. The van der Waals surface area contributed by atoms with Gasteiger partial charge < -0.3 is 10.6 Å². The smallest absolute Gasteiger partial charge is 0.356 e. The Morgan fingerprint density at radius 3 is 2.44 bits per heavy atom. The summed E-state index contributed by atoms with van der Waals surface area (Å²) < 4.78 is 36.0. The predicted molar refractivity (Wildman–Crippen MR) is 64.3 cm³/mol. The Hall–Kier alpha value is -0.820. The first-order valence-electron chi connectivity index (χ1n) is 6.01. The summed E-state index contributed by atoms with van der Waals surface area (Å²) >= 11 is 0. The van der Waals surface area contributed by atoms with Gasteiger partial charge in [0.05, 0.1) is 6.54 Å². The number of carbonyl (C=O) groups excluding carboxylic acids is 1. The number of nitrogens with zero attached hydrogens (tertiary/aromatic N) is 1. The third-order valence-corrected chi connectivity index (χ3v) is 2.32. The maximum Gasteiger partial charge on any atom is 0.401 e. The number of carbonyl (C=O) groups is 1. The van der Waals surface area contributed by atoms with Crippen molar-refractivity contribution in [3.63, 3.8) is 0 Å². The molecule has 0 aromatic heterocycles. The van der Waals surface area contributed by atoms with Crippen molar-refractivity contribution in [1.82, 2.24) is 15.5 Å². The number of alkyl halides is 3. The third-order valence-electron chi connectivity index (χ3n) is 2.32. The summed E-state index contributed by atoms with van der Waals surface area (Å²) in [6.45, 7) is 0.599. The van der Waals surface area contributed by atoms with E-state index in [0.29, 0.717) is 25.9 Å². The normalized spacial score (nSPS) is 11.9. The Labute approximate surface area is 106 Å². The van der Waals surface area contributed by atoms with Gasteiger partial charge in [-0.1, -0.05) is 0 Å². The summed E-state index contributed by atoms with van der Waals surface area (Å²) in [6.07, 6.45) is -2.44. The van der Waals surface area contributed by atoms with Crippen LogP contribution in [0.4, 0.5) is 13.2 Å². The molecule has 0 aliphatic carbocycles. The van der Waals surface area contributed by atoms with Crippen LogP contribution in [0.2, 0.25) is 0 Å². The minimum absolute atomic E-state index is 0.0521. The molecule has 2 N–H and O–H groups in total. The second-order valence-electron chi connectivity index (χ2n) is 4.26. The minimum Gasteiger partial charge on any atom is -0.356 e. The van der Waals surface area contributed by atoms with Gasteiger partial charge in [-0.25, -0.2) is 0 Å². The molecule has 108 valence electrons. The third kappa shape index (κ3) is 11.7. The topological polar surface area (TPSA) is 44.4 Å². The van der Waals surface area contributed by atoms with E-state index in [1.807, 2.05) is 7.05 Å². The van der Waals surface area contributed by atoms with Crippen LogP contribution in [0.3, 0.4) is 0 Å². The van der Waals surface area contributed by atoms with E-state index >= 15 is 0 Å². The van der Waals surface area contributed by atoms with E-state index < -0.39 is 12.7 Å². The lowest BCUT2D eigenvalue weighted by atomic mass is 10.3. The molecule has 0 saturated heterocycles. The van der Waals surface area contributed by atoms with E-state index in [1.165, 1.54) is 11.9 Å². The zero-order chi connectivity index (χ0) is 14.0. The van der Waals surface area contributed by atoms with Gasteiger partial charge in [-0.2, -0.15) is 13.2 Å². The van der Waals surface area contributed by atoms with Gasteiger partial charge in [-0.15, -0.1) is 0 Å². The highest BCUT2D eigenvalue weighted by atomic mass is 19.4. The molecule has 0 aliphatic heterocycles. The lowest BCUT2D eigenvalue weighted by Crippen LogP contribution is -2.33. The van der Waals surface area contributed by atoms with Crippen LogP contribution in [0.5, 0.6) is 0 Å². The van der Waals surface area contributed by atoms with Crippen LogP contribution in [-0.4, -0.2) is 57.3 Å². The highest BCUT2D eigenvalue weighted by molar-refractivity contribution is 5.75. The lowest BCUT2D eigenvalue weighted by molar-refractivity contribution is -0.143. The first-order chi connectivity index (χ1) is 8.35. The molecule has 0 unspecified atom stereocenters. The number of amides is 1. The summed E-state index contributed by atoms with van der Waals surface area (Å²) in [5.41, 5.74) is 0. The molecular formula is C11H22F3N3O. The maximum atomic E-state index is 12.0. The van der Waals surface area contributed by atoms with Crippen LogP contribution >= 0.6 is 0 Å². The van der Waals surface area contributed by atoms with E-state index in [4.69, 9.17) is 0 Å². The standard InChI is InChI=1S/C11H22F3N3O/c1-15-6-3-5-10(18)16-7-4-8-17(2)9-11(12,13)14/h15H,3-9H2,1-2H3,(H,16,18). The van der Waals surface area contributed by atoms with Crippen molar-refractivity contribution < 1.29 is 18.0 Å². The fourth-order valence-corrected chi connectivity index (χ4v) is 1.48.